The Morgan fingerprint density at radius 1 is 1.21 bits per heavy atom. The highest BCUT2D eigenvalue weighted by Crippen LogP contribution is 2.28. The first kappa shape index (κ1) is 13.5. The zero-order valence-electron chi connectivity index (χ0n) is 10.3. The number of benzene rings is 2. The van der Waals surface area contributed by atoms with E-state index in [0.717, 1.165) is 15.8 Å². The second-order valence-corrected chi connectivity index (χ2v) is 4.97. The molecule has 0 aliphatic heterocycles. The van der Waals surface area contributed by atoms with Gasteiger partial charge in [-0.3, -0.25) is 5.41 Å². The monoisotopic (exact) mass is 321 g/mol. The van der Waals surface area contributed by atoms with Crippen molar-refractivity contribution in [2.24, 2.45) is 5.73 Å². The van der Waals surface area contributed by atoms with Gasteiger partial charge in [-0.25, -0.2) is 4.39 Å². The summed E-state index contributed by atoms with van der Waals surface area (Å²) in [5.74, 6) is -0.268. The van der Waals surface area contributed by atoms with E-state index in [1.165, 1.54) is 12.1 Å². The van der Waals surface area contributed by atoms with Gasteiger partial charge in [0.25, 0.3) is 0 Å². The molecule has 0 unspecified atom stereocenters. The van der Waals surface area contributed by atoms with Crippen molar-refractivity contribution in [3.63, 3.8) is 0 Å². The number of hydrogen-bond donors (Lipinski definition) is 2. The van der Waals surface area contributed by atoms with Gasteiger partial charge < -0.3 is 10.6 Å². The summed E-state index contributed by atoms with van der Waals surface area (Å²) < 4.78 is 13.9. The predicted octanol–water partition coefficient (Wildman–Crippen LogP) is 3.64. The lowest BCUT2D eigenvalue weighted by Gasteiger charge is -2.20. The van der Waals surface area contributed by atoms with E-state index in [2.05, 4.69) is 15.9 Å². The lowest BCUT2D eigenvalue weighted by Crippen LogP contribution is -2.13. The number of amidine groups is 1. The zero-order chi connectivity index (χ0) is 14.0. The molecule has 3 N–H and O–H groups in total. The van der Waals surface area contributed by atoms with Crippen LogP contribution in [0.25, 0.3) is 0 Å². The molecule has 0 radical (unpaired) electrons. The predicted molar refractivity (Wildman–Crippen MR) is 79.6 cm³/mol. The first-order valence-corrected chi connectivity index (χ1v) is 6.41. The number of hydrogen-bond acceptors (Lipinski definition) is 2. The van der Waals surface area contributed by atoms with Crippen molar-refractivity contribution in [3.05, 3.63) is 58.3 Å². The van der Waals surface area contributed by atoms with Crippen LogP contribution in [0.3, 0.4) is 0 Å². The SMILES string of the molecule is CN(c1cccc(F)c1)c1ccc(C(=N)N)c(Br)c1. The highest BCUT2D eigenvalue weighted by molar-refractivity contribution is 9.10. The molecule has 3 nitrogen and oxygen atoms in total. The maximum absolute atomic E-state index is 13.2. The van der Waals surface area contributed by atoms with Crippen LogP contribution in [0.4, 0.5) is 15.8 Å². The Labute approximate surface area is 119 Å². The highest BCUT2D eigenvalue weighted by atomic mass is 79.9. The Morgan fingerprint density at radius 3 is 2.47 bits per heavy atom. The van der Waals surface area contributed by atoms with Crippen molar-refractivity contribution in [2.45, 2.75) is 0 Å². The fraction of sp³-hybridized carbons (Fsp3) is 0.0714. The Morgan fingerprint density at radius 2 is 1.89 bits per heavy atom. The minimum Gasteiger partial charge on any atom is -0.384 e. The van der Waals surface area contributed by atoms with E-state index in [4.69, 9.17) is 11.1 Å². The Kier molecular flexibility index (Phi) is 3.85. The van der Waals surface area contributed by atoms with Gasteiger partial charge in [0.15, 0.2) is 0 Å². The van der Waals surface area contributed by atoms with Gasteiger partial charge in [0.1, 0.15) is 11.7 Å². The molecule has 0 fully saturated rings. The van der Waals surface area contributed by atoms with Crippen LogP contribution in [0, 0.1) is 11.2 Å². The number of halogens is 2. The van der Waals surface area contributed by atoms with Crippen molar-refractivity contribution >= 4 is 33.1 Å². The van der Waals surface area contributed by atoms with Crippen molar-refractivity contribution in [1.82, 2.24) is 0 Å². The molecular weight excluding hydrogens is 309 g/mol. The number of nitrogen functional groups attached to an aromatic ring is 1. The fourth-order valence-corrected chi connectivity index (χ4v) is 2.35. The van der Waals surface area contributed by atoms with Gasteiger partial charge in [0.2, 0.25) is 0 Å². The summed E-state index contributed by atoms with van der Waals surface area (Å²) in [4.78, 5) is 1.86. The molecule has 0 aliphatic rings. The lowest BCUT2D eigenvalue weighted by molar-refractivity contribution is 0.628. The van der Waals surface area contributed by atoms with E-state index in [9.17, 15) is 4.39 Å². The molecule has 19 heavy (non-hydrogen) atoms. The third-order valence-electron chi connectivity index (χ3n) is 2.83. The van der Waals surface area contributed by atoms with Crippen molar-refractivity contribution in [2.75, 3.05) is 11.9 Å². The van der Waals surface area contributed by atoms with Crippen molar-refractivity contribution in [1.29, 1.82) is 5.41 Å². The lowest BCUT2D eigenvalue weighted by atomic mass is 10.1. The second-order valence-electron chi connectivity index (χ2n) is 4.12. The maximum Gasteiger partial charge on any atom is 0.125 e. The second kappa shape index (κ2) is 5.40. The van der Waals surface area contributed by atoms with E-state index in [1.54, 1.807) is 12.1 Å². The largest absolute Gasteiger partial charge is 0.384 e. The van der Waals surface area contributed by atoms with Gasteiger partial charge in [-0.05, 0) is 52.3 Å². The molecule has 2 aromatic carbocycles. The van der Waals surface area contributed by atoms with Crippen molar-refractivity contribution < 1.29 is 4.39 Å². The third kappa shape index (κ3) is 2.93. The van der Waals surface area contributed by atoms with E-state index in [1.807, 2.05) is 30.1 Å². The van der Waals surface area contributed by atoms with Gasteiger partial charge in [-0.15, -0.1) is 0 Å². The minimum absolute atomic E-state index is 0.00633. The molecular formula is C14H13BrFN3. The van der Waals surface area contributed by atoms with Crippen LogP contribution in [0.15, 0.2) is 46.9 Å². The Balaban J connectivity index is 2.37. The molecule has 0 spiro atoms. The summed E-state index contributed by atoms with van der Waals surface area (Å²) in [6.07, 6.45) is 0. The van der Waals surface area contributed by atoms with Gasteiger partial charge in [0, 0.05) is 28.5 Å². The summed E-state index contributed by atoms with van der Waals surface area (Å²) in [5, 5.41) is 7.43. The van der Waals surface area contributed by atoms with E-state index in [-0.39, 0.29) is 11.7 Å². The smallest absolute Gasteiger partial charge is 0.125 e. The fourth-order valence-electron chi connectivity index (χ4n) is 1.76. The van der Waals surface area contributed by atoms with E-state index in [0.29, 0.717) is 5.56 Å². The first-order valence-electron chi connectivity index (χ1n) is 5.62. The summed E-state index contributed by atoms with van der Waals surface area (Å²) in [7, 11) is 1.85. The molecule has 0 bridgehead atoms. The zero-order valence-corrected chi connectivity index (χ0v) is 11.9. The van der Waals surface area contributed by atoms with E-state index >= 15 is 0 Å². The topological polar surface area (TPSA) is 53.1 Å². The van der Waals surface area contributed by atoms with Crippen molar-refractivity contribution in [3.8, 4) is 0 Å². The number of nitrogens with one attached hydrogen (secondary N) is 1. The van der Waals surface area contributed by atoms with Crippen LogP contribution in [-0.2, 0) is 0 Å². The number of rotatable bonds is 3. The van der Waals surface area contributed by atoms with Crippen LogP contribution in [0.1, 0.15) is 5.56 Å². The van der Waals surface area contributed by atoms with Gasteiger partial charge in [0.05, 0.1) is 0 Å². The average Bonchev–Trinajstić information content (AvgIpc) is 2.37. The van der Waals surface area contributed by atoms with Crippen LogP contribution >= 0.6 is 15.9 Å². The normalized spacial score (nSPS) is 10.3. The van der Waals surface area contributed by atoms with E-state index < -0.39 is 0 Å². The molecule has 0 heterocycles. The van der Waals surface area contributed by atoms with Crippen LogP contribution in [0.2, 0.25) is 0 Å². The average molecular weight is 322 g/mol. The molecule has 2 rings (SSSR count). The molecule has 98 valence electrons. The van der Waals surface area contributed by atoms with Gasteiger partial charge >= 0.3 is 0 Å². The number of nitrogens with two attached hydrogens (primary N) is 1. The first-order chi connectivity index (χ1) is 8.99. The van der Waals surface area contributed by atoms with Crippen LogP contribution < -0.4 is 10.6 Å². The molecule has 0 atom stereocenters. The summed E-state index contributed by atoms with van der Waals surface area (Å²) in [5.41, 5.74) is 7.73. The number of nitrogens with zero attached hydrogens (tertiary/aromatic N) is 1. The molecule has 5 heteroatoms. The maximum atomic E-state index is 13.2. The Hall–Kier alpha value is -1.88. The van der Waals surface area contributed by atoms with Crippen LogP contribution in [0.5, 0.6) is 0 Å². The van der Waals surface area contributed by atoms with Gasteiger partial charge in [-0.2, -0.15) is 0 Å². The molecule has 2 aromatic rings. The number of anilines is 2. The standard InChI is InChI=1S/C14H13BrFN3/c1-19(10-4-2-3-9(16)7-10)11-5-6-12(14(17)18)13(15)8-11/h2-8H,1H3,(H3,17,18). The Bertz CT molecular complexity index is 628. The third-order valence-corrected chi connectivity index (χ3v) is 3.48. The minimum atomic E-state index is -0.274. The molecule has 0 amide bonds. The summed E-state index contributed by atoms with van der Waals surface area (Å²) in [6, 6.07) is 11.8. The molecule has 0 aromatic heterocycles. The summed E-state index contributed by atoms with van der Waals surface area (Å²) >= 11 is 3.38. The summed E-state index contributed by atoms with van der Waals surface area (Å²) in [6.45, 7) is 0. The molecule has 0 saturated heterocycles. The molecule has 0 aliphatic carbocycles. The van der Waals surface area contributed by atoms with Gasteiger partial charge in [-0.1, -0.05) is 6.07 Å². The highest BCUT2D eigenvalue weighted by Gasteiger charge is 2.09. The quantitative estimate of drug-likeness (QED) is 0.669. The van der Waals surface area contributed by atoms with Crippen LogP contribution in [-0.4, -0.2) is 12.9 Å². The molecule has 0 saturated carbocycles.